The van der Waals surface area contributed by atoms with E-state index < -0.39 is 5.91 Å². The number of anilines is 1. The Labute approximate surface area is 188 Å². The molecule has 2 heterocycles. The lowest BCUT2D eigenvalue weighted by Crippen LogP contribution is -2.48. The molecule has 0 spiro atoms. The van der Waals surface area contributed by atoms with Crippen LogP contribution < -0.4 is 22.1 Å². The molecule has 3 unspecified atom stereocenters. The molecule has 2 bridgehead atoms. The largest absolute Gasteiger partial charge is 0.365 e. The van der Waals surface area contributed by atoms with Gasteiger partial charge in [-0.05, 0) is 69.1 Å². The highest BCUT2D eigenvalue weighted by Crippen LogP contribution is 2.44. The molecule has 1 aliphatic heterocycles. The molecule has 1 saturated heterocycles. The van der Waals surface area contributed by atoms with Gasteiger partial charge in [0.25, 0.3) is 5.91 Å². The van der Waals surface area contributed by atoms with Gasteiger partial charge in [0.2, 0.25) is 0 Å². The summed E-state index contributed by atoms with van der Waals surface area (Å²) >= 11 is 0. The average molecular weight is 428 g/mol. The summed E-state index contributed by atoms with van der Waals surface area (Å²) in [5, 5.41) is 4.93. The van der Waals surface area contributed by atoms with Gasteiger partial charge in [0.15, 0.2) is 0 Å². The molecule has 2 saturated carbocycles. The van der Waals surface area contributed by atoms with E-state index in [1.54, 1.807) is 0 Å². The van der Waals surface area contributed by atoms with Gasteiger partial charge in [-0.15, -0.1) is 0 Å². The molecule has 172 valence electrons. The molecule has 5 rings (SSSR count). The Kier molecular flexibility index (Phi) is 7.55. The van der Waals surface area contributed by atoms with Crippen LogP contribution in [0.3, 0.4) is 0 Å². The van der Waals surface area contributed by atoms with Crippen molar-refractivity contribution in [2.45, 2.75) is 71.4 Å². The Morgan fingerprint density at radius 1 is 1.13 bits per heavy atom. The number of hydrogen-bond donors (Lipinski definition) is 3. The maximum absolute atomic E-state index is 12.1. The zero-order valence-electron chi connectivity index (χ0n) is 19.4. The Balaban J connectivity index is 0.000000884. The topological polar surface area (TPSA) is 106 Å². The maximum atomic E-state index is 12.1. The van der Waals surface area contributed by atoms with Crippen LogP contribution in [0.5, 0.6) is 0 Å². The van der Waals surface area contributed by atoms with E-state index in [-0.39, 0.29) is 7.58 Å². The van der Waals surface area contributed by atoms with Gasteiger partial charge in [0, 0.05) is 32.0 Å². The molecule has 6 heteroatoms. The van der Waals surface area contributed by atoms with E-state index in [9.17, 15) is 4.79 Å². The van der Waals surface area contributed by atoms with Crippen molar-refractivity contribution >= 4 is 22.6 Å². The molecule has 2 aliphatic carbocycles. The van der Waals surface area contributed by atoms with Crippen molar-refractivity contribution in [2.24, 2.45) is 17.6 Å². The van der Waals surface area contributed by atoms with Crippen LogP contribution in [0.1, 0.15) is 69.7 Å². The molecule has 2 aromatic rings. The number of rotatable bonds is 4. The molecular formula is C25H41N5O. The van der Waals surface area contributed by atoms with E-state index in [1.807, 2.05) is 32.9 Å². The Bertz CT molecular complexity index is 913. The minimum Gasteiger partial charge on any atom is -0.365 e. The van der Waals surface area contributed by atoms with Crippen molar-refractivity contribution in [3.05, 3.63) is 35.4 Å². The van der Waals surface area contributed by atoms with Crippen LogP contribution in [0.15, 0.2) is 24.3 Å². The molecule has 0 radical (unpaired) electrons. The van der Waals surface area contributed by atoms with Gasteiger partial charge in [-0.3, -0.25) is 4.79 Å². The highest BCUT2D eigenvalue weighted by atomic mass is 16.1. The fourth-order valence-electron chi connectivity index (χ4n) is 5.72. The van der Waals surface area contributed by atoms with Crippen LogP contribution in [-0.2, 0) is 0 Å². The fraction of sp³-hybridized carbons (Fsp3) is 0.600. The van der Waals surface area contributed by atoms with E-state index in [0.717, 1.165) is 66.1 Å². The number of pyridine rings is 1. The number of nitrogens with one attached hydrogen (secondary N) is 1. The van der Waals surface area contributed by atoms with Crippen LogP contribution in [0.25, 0.3) is 10.9 Å². The lowest BCUT2D eigenvalue weighted by molar-refractivity contribution is 0.100. The zero-order chi connectivity index (χ0) is 21.3. The van der Waals surface area contributed by atoms with Crippen LogP contribution in [-0.4, -0.2) is 36.1 Å². The number of fused-ring (bicyclic) bond motifs is 3. The predicted octanol–water partition coefficient (Wildman–Crippen LogP) is 4.82. The van der Waals surface area contributed by atoms with Crippen molar-refractivity contribution in [1.82, 2.24) is 16.5 Å². The molecule has 3 atom stereocenters. The number of carbonyl (C=O) groups is 1. The number of benzene rings is 1. The SMILES string of the molecule is CC.Cc1ccc2nc(N3CCC(NC4CC5CCC4C5)CC3)c(C(N)=O)cc2c1.N.[HH]. The van der Waals surface area contributed by atoms with Gasteiger partial charge in [-0.2, -0.15) is 0 Å². The number of nitrogens with zero attached hydrogens (tertiary/aromatic N) is 2. The van der Waals surface area contributed by atoms with Gasteiger partial charge < -0.3 is 22.1 Å². The first-order valence-electron chi connectivity index (χ1n) is 11.8. The lowest BCUT2D eigenvalue weighted by atomic mass is 9.93. The fourth-order valence-corrected chi connectivity index (χ4v) is 5.72. The maximum Gasteiger partial charge on any atom is 0.252 e. The van der Waals surface area contributed by atoms with Crippen LogP contribution in [0.2, 0.25) is 0 Å². The van der Waals surface area contributed by atoms with E-state index >= 15 is 0 Å². The molecule has 1 aromatic heterocycles. The van der Waals surface area contributed by atoms with Crippen molar-refractivity contribution in [2.75, 3.05) is 18.0 Å². The minimum absolute atomic E-state index is 0. The van der Waals surface area contributed by atoms with Crippen molar-refractivity contribution in [1.29, 1.82) is 0 Å². The molecule has 1 amide bonds. The van der Waals surface area contributed by atoms with E-state index in [0.29, 0.717) is 11.6 Å². The highest BCUT2D eigenvalue weighted by molar-refractivity contribution is 6.01. The van der Waals surface area contributed by atoms with E-state index in [4.69, 9.17) is 10.7 Å². The van der Waals surface area contributed by atoms with Crippen LogP contribution >= 0.6 is 0 Å². The molecule has 6 N–H and O–H groups in total. The van der Waals surface area contributed by atoms with Gasteiger partial charge >= 0.3 is 0 Å². The quantitative estimate of drug-likeness (QED) is 0.648. The number of aromatic nitrogens is 1. The summed E-state index contributed by atoms with van der Waals surface area (Å²) < 4.78 is 0. The summed E-state index contributed by atoms with van der Waals surface area (Å²) in [6, 6.07) is 9.38. The third-order valence-corrected chi connectivity index (χ3v) is 7.20. The minimum atomic E-state index is -0.395. The highest BCUT2D eigenvalue weighted by Gasteiger charge is 2.40. The van der Waals surface area contributed by atoms with Crippen LogP contribution in [0, 0.1) is 18.8 Å². The molecule has 3 fully saturated rings. The number of amides is 1. The predicted molar refractivity (Wildman–Crippen MR) is 131 cm³/mol. The van der Waals surface area contributed by atoms with E-state index in [2.05, 4.69) is 22.3 Å². The Morgan fingerprint density at radius 3 is 2.48 bits per heavy atom. The zero-order valence-corrected chi connectivity index (χ0v) is 19.4. The second-order valence-corrected chi connectivity index (χ2v) is 9.13. The number of aryl methyl sites for hydroxylation is 1. The molecule has 1 aromatic carbocycles. The number of primary amides is 1. The van der Waals surface area contributed by atoms with Crippen molar-refractivity contribution in [3.63, 3.8) is 0 Å². The third-order valence-electron chi connectivity index (χ3n) is 7.20. The monoisotopic (exact) mass is 427 g/mol. The Hall–Kier alpha value is -2.18. The molecule has 6 nitrogen and oxygen atoms in total. The summed E-state index contributed by atoms with van der Waals surface area (Å²) in [5.74, 6) is 2.25. The normalized spacial score (nSPS) is 25.1. The average Bonchev–Trinajstić information content (AvgIpc) is 3.38. The van der Waals surface area contributed by atoms with Crippen molar-refractivity contribution < 1.29 is 6.22 Å². The van der Waals surface area contributed by atoms with Gasteiger partial charge in [-0.1, -0.05) is 31.9 Å². The van der Waals surface area contributed by atoms with Crippen LogP contribution in [0.4, 0.5) is 5.82 Å². The molecule has 31 heavy (non-hydrogen) atoms. The summed E-state index contributed by atoms with van der Waals surface area (Å²) in [7, 11) is 0. The number of hydrogen-bond acceptors (Lipinski definition) is 5. The smallest absolute Gasteiger partial charge is 0.252 e. The third kappa shape index (κ3) is 4.85. The number of carbonyl (C=O) groups excluding carboxylic acids is 1. The van der Waals surface area contributed by atoms with Gasteiger partial charge in [0.1, 0.15) is 5.82 Å². The second kappa shape index (κ2) is 9.96. The summed E-state index contributed by atoms with van der Waals surface area (Å²) in [6.07, 6.45) is 7.88. The van der Waals surface area contributed by atoms with Gasteiger partial charge in [0.05, 0.1) is 11.1 Å². The summed E-state index contributed by atoms with van der Waals surface area (Å²) in [5.41, 5.74) is 8.32. The van der Waals surface area contributed by atoms with E-state index in [1.165, 1.54) is 25.7 Å². The number of nitrogens with two attached hydrogens (primary N) is 1. The molecule has 3 aliphatic rings. The van der Waals surface area contributed by atoms with Crippen molar-refractivity contribution in [3.8, 4) is 0 Å². The first kappa shape index (κ1) is 23.5. The first-order chi connectivity index (χ1) is 14.6. The standard InChI is InChI=1S/C23H30N4O.C2H6.H3N.H2/c1-14-2-5-20-17(10-14)13-19(22(24)28)23(26-20)27-8-6-18(7-9-27)25-21-12-15-3-4-16(21)11-15;1-2;;/h2,5,10,13,15-16,18,21,25H,3-4,6-9,11-12H2,1H3,(H2,24,28);1-2H3;1H3;1H. The number of piperidine rings is 1. The first-order valence-corrected chi connectivity index (χ1v) is 11.8. The van der Waals surface area contributed by atoms with Gasteiger partial charge in [-0.25, -0.2) is 4.98 Å². The summed E-state index contributed by atoms with van der Waals surface area (Å²) in [4.78, 5) is 19.2. The molecular weight excluding hydrogens is 386 g/mol. The second-order valence-electron chi connectivity index (χ2n) is 9.13. The summed E-state index contributed by atoms with van der Waals surface area (Å²) in [6.45, 7) is 7.89. The lowest BCUT2D eigenvalue weighted by Gasteiger charge is -2.36. The Morgan fingerprint density at radius 2 is 1.87 bits per heavy atom.